The second-order valence-electron chi connectivity index (χ2n) is 3.33. The molecule has 1 rings (SSSR count). The molecule has 0 atom stereocenters. The minimum Gasteiger partial charge on any atom is -0.478 e. The number of hydrogen-bond acceptors (Lipinski definition) is 5. The van der Waals surface area contributed by atoms with Gasteiger partial charge in [-0.25, -0.2) is 4.79 Å². The molecule has 0 unspecified atom stereocenters. The third-order valence-electron chi connectivity index (χ3n) is 2.06. The van der Waals surface area contributed by atoms with Crippen LogP contribution in [-0.4, -0.2) is 22.6 Å². The molecule has 0 amide bonds. The average Bonchev–Trinajstić information content (AvgIpc) is 2.34. The molecule has 0 spiro atoms. The number of nitro benzene ring substituents is 1. The van der Waals surface area contributed by atoms with Crippen LogP contribution >= 0.6 is 0 Å². The van der Waals surface area contributed by atoms with Gasteiger partial charge in [-0.3, -0.25) is 10.1 Å². The van der Waals surface area contributed by atoms with E-state index in [1.54, 1.807) is 0 Å². The summed E-state index contributed by atoms with van der Waals surface area (Å²) >= 11 is 0. The van der Waals surface area contributed by atoms with E-state index in [0.29, 0.717) is 12.1 Å². The fourth-order valence-electron chi connectivity index (χ4n) is 1.33. The van der Waals surface area contributed by atoms with E-state index < -0.39 is 34.5 Å². The Morgan fingerprint density at radius 1 is 1.55 bits per heavy atom. The number of non-ortho nitro benzene ring substituents is 1. The summed E-state index contributed by atoms with van der Waals surface area (Å²) < 4.78 is 28.4. The molecule has 0 fully saturated rings. The third-order valence-corrected chi connectivity index (χ3v) is 2.06. The number of alkyl halides is 2. The predicted octanol–water partition coefficient (Wildman–Crippen LogP) is 2.17. The number of rotatable bonds is 5. The maximum absolute atomic E-state index is 12.2. The lowest BCUT2D eigenvalue weighted by molar-refractivity contribution is -0.385. The van der Waals surface area contributed by atoms with Crippen LogP contribution in [0.4, 0.5) is 14.5 Å². The Balaban J connectivity index is 3.46. The number of hydrogen-bond donors (Lipinski definition) is 1. The molecular weight excluding hydrogens is 278 g/mol. The van der Waals surface area contributed by atoms with Crippen LogP contribution in [0.1, 0.15) is 11.1 Å². The van der Waals surface area contributed by atoms with Crippen LogP contribution in [0.3, 0.4) is 0 Å². The average molecular weight is 284 g/mol. The fraction of sp³-hybridized carbons (Fsp3) is 0.0909. The number of aliphatic carboxylic acids is 1. The summed E-state index contributed by atoms with van der Waals surface area (Å²) in [4.78, 5) is 20.2. The van der Waals surface area contributed by atoms with E-state index in [-0.39, 0.29) is 5.56 Å². The van der Waals surface area contributed by atoms with Gasteiger partial charge in [-0.2, -0.15) is 14.0 Å². The lowest BCUT2D eigenvalue weighted by Crippen LogP contribution is -2.05. The number of benzene rings is 1. The molecule has 1 aromatic carbocycles. The first-order chi connectivity index (χ1) is 9.35. The predicted molar refractivity (Wildman–Crippen MR) is 61.1 cm³/mol. The Labute approximate surface area is 110 Å². The van der Waals surface area contributed by atoms with Gasteiger partial charge < -0.3 is 9.84 Å². The van der Waals surface area contributed by atoms with Gasteiger partial charge in [0.05, 0.1) is 11.0 Å². The van der Waals surface area contributed by atoms with Gasteiger partial charge >= 0.3 is 12.6 Å². The van der Waals surface area contributed by atoms with Crippen LogP contribution in [0.15, 0.2) is 18.2 Å². The molecule has 104 valence electrons. The highest BCUT2D eigenvalue weighted by Gasteiger charge is 2.19. The first-order valence-electron chi connectivity index (χ1n) is 4.93. The largest absolute Gasteiger partial charge is 0.478 e. The second-order valence-corrected chi connectivity index (χ2v) is 3.33. The molecule has 0 aliphatic heterocycles. The minimum atomic E-state index is -3.28. The smallest absolute Gasteiger partial charge is 0.387 e. The van der Waals surface area contributed by atoms with Gasteiger partial charge in [0.1, 0.15) is 11.6 Å². The van der Waals surface area contributed by atoms with Gasteiger partial charge in [-0.15, -0.1) is 0 Å². The van der Waals surface area contributed by atoms with Crippen molar-refractivity contribution in [3.63, 3.8) is 0 Å². The van der Waals surface area contributed by atoms with Crippen LogP contribution in [0, 0.1) is 21.4 Å². The lowest BCUT2D eigenvalue weighted by atomic mass is 10.1. The lowest BCUT2D eigenvalue weighted by Gasteiger charge is -2.08. The number of ether oxygens (including phenoxy) is 1. The highest BCUT2D eigenvalue weighted by Crippen LogP contribution is 2.30. The normalized spacial score (nSPS) is 10.5. The second kappa shape index (κ2) is 6.24. The standard InChI is InChI=1S/C11H6F2N2O5/c12-11(13)20-9-4-7(15(18)19)3-6(8(9)5-14)1-2-10(16)17/h1-4,11H,(H,16,17)/b2-1+. The molecule has 0 radical (unpaired) electrons. The van der Waals surface area contributed by atoms with Gasteiger partial charge in [0.2, 0.25) is 0 Å². The van der Waals surface area contributed by atoms with Crippen molar-refractivity contribution in [3.8, 4) is 11.8 Å². The molecule has 0 heterocycles. The molecule has 0 bridgehead atoms. The Hall–Kier alpha value is -3.02. The van der Waals surface area contributed by atoms with E-state index in [0.717, 1.165) is 12.1 Å². The highest BCUT2D eigenvalue weighted by atomic mass is 19.3. The number of nitro groups is 1. The topological polar surface area (TPSA) is 113 Å². The number of halogens is 2. The van der Waals surface area contributed by atoms with Crippen molar-refractivity contribution in [2.75, 3.05) is 0 Å². The van der Waals surface area contributed by atoms with E-state index in [1.165, 1.54) is 6.07 Å². The van der Waals surface area contributed by atoms with Crippen LogP contribution in [0.2, 0.25) is 0 Å². The Morgan fingerprint density at radius 2 is 2.20 bits per heavy atom. The van der Waals surface area contributed by atoms with Crippen LogP contribution < -0.4 is 4.74 Å². The van der Waals surface area contributed by atoms with Crippen LogP contribution in [-0.2, 0) is 4.79 Å². The number of nitrogens with zero attached hydrogens (tertiary/aromatic N) is 2. The molecule has 0 saturated heterocycles. The zero-order valence-corrected chi connectivity index (χ0v) is 9.62. The van der Waals surface area contributed by atoms with E-state index in [2.05, 4.69) is 4.74 Å². The summed E-state index contributed by atoms with van der Waals surface area (Å²) in [5, 5.41) is 28.0. The van der Waals surface area contributed by atoms with Crippen molar-refractivity contribution in [2.24, 2.45) is 0 Å². The van der Waals surface area contributed by atoms with Gasteiger partial charge in [0, 0.05) is 17.7 Å². The fourth-order valence-corrected chi connectivity index (χ4v) is 1.33. The number of carboxylic acids is 1. The number of carbonyl (C=O) groups is 1. The van der Waals surface area contributed by atoms with Gasteiger partial charge in [-0.1, -0.05) is 0 Å². The molecule has 0 aliphatic rings. The molecule has 1 aromatic rings. The summed E-state index contributed by atoms with van der Waals surface area (Å²) in [6.07, 6.45) is 1.50. The summed E-state index contributed by atoms with van der Waals surface area (Å²) in [7, 11) is 0. The van der Waals surface area contributed by atoms with Crippen molar-refractivity contribution in [1.82, 2.24) is 0 Å². The van der Waals surface area contributed by atoms with Crippen molar-refractivity contribution in [1.29, 1.82) is 5.26 Å². The number of nitriles is 1. The zero-order valence-electron chi connectivity index (χ0n) is 9.62. The Kier molecular flexibility index (Phi) is 4.69. The van der Waals surface area contributed by atoms with Gasteiger partial charge in [0.25, 0.3) is 5.69 Å². The van der Waals surface area contributed by atoms with Crippen LogP contribution in [0.25, 0.3) is 6.08 Å². The Morgan fingerprint density at radius 3 is 2.65 bits per heavy atom. The summed E-state index contributed by atoms with van der Waals surface area (Å²) in [5.41, 5.74) is -1.24. The minimum absolute atomic E-state index is 0.209. The van der Waals surface area contributed by atoms with Crippen molar-refractivity contribution in [3.05, 3.63) is 39.4 Å². The summed E-state index contributed by atoms with van der Waals surface area (Å²) in [6.45, 7) is -3.28. The van der Waals surface area contributed by atoms with E-state index >= 15 is 0 Å². The molecule has 0 saturated carbocycles. The van der Waals surface area contributed by atoms with E-state index in [9.17, 15) is 23.7 Å². The highest BCUT2D eigenvalue weighted by molar-refractivity contribution is 5.86. The summed E-state index contributed by atoms with van der Waals surface area (Å²) in [5.74, 6) is -2.06. The zero-order chi connectivity index (χ0) is 15.3. The van der Waals surface area contributed by atoms with Crippen LogP contribution in [0.5, 0.6) is 5.75 Å². The molecule has 0 aromatic heterocycles. The maximum atomic E-state index is 12.2. The molecule has 1 N–H and O–H groups in total. The van der Waals surface area contributed by atoms with Crippen molar-refractivity contribution < 1.29 is 28.3 Å². The molecule has 9 heteroatoms. The van der Waals surface area contributed by atoms with E-state index in [4.69, 9.17) is 10.4 Å². The number of carboxylic acid groups (broad SMARTS) is 1. The quantitative estimate of drug-likeness (QED) is 0.503. The van der Waals surface area contributed by atoms with Gasteiger partial charge in [0.15, 0.2) is 5.75 Å². The van der Waals surface area contributed by atoms with Gasteiger partial charge in [-0.05, 0) is 6.08 Å². The molecule has 0 aliphatic carbocycles. The Bertz CT molecular complexity index is 622. The first-order valence-corrected chi connectivity index (χ1v) is 4.93. The SMILES string of the molecule is N#Cc1c(/C=C/C(=O)O)cc([N+](=O)[O-])cc1OC(F)F. The summed E-state index contributed by atoms with van der Waals surface area (Å²) in [6, 6.07) is 3.09. The maximum Gasteiger partial charge on any atom is 0.387 e. The van der Waals surface area contributed by atoms with Crippen molar-refractivity contribution in [2.45, 2.75) is 6.61 Å². The van der Waals surface area contributed by atoms with E-state index in [1.807, 2.05) is 0 Å². The first kappa shape index (κ1) is 15.0. The van der Waals surface area contributed by atoms with Crippen molar-refractivity contribution >= 4 is 17.7 Å². The molecule has 20 heavy (non-hydrogen) atoms. The molecular formula is C11H6F2N2O5. The molecule has 7 nitrogen and oxygen atoms in total. The third kappa shape index (κ3) is 3.74. The monoisotopic (exact) mass is 284 g/mol.